The van der Waals surface area contributed by atoms with Crippen LogP contribution in [0.2, 0.25) is 0 Å². The molecule has 1 aromatic rings. The van der Waals surface area contributed by atoms with Crippen LogP contribution in [0.3, 0.4) is 0 Å². The fourth-order valence-electron chi connectivity index (χ4n) is 2.52. The van der Waals surface area contributed by atoms with Crippen molar-refractivity contribution < 1.29 is 10.0 Å². The standard InChI is InChI=1S/C14H19N3O2/c1-2-17(11-7-4-3-5-8-11)13(18)14(9-6-10-14)12(15)16-19/h3-5,7-8,19H,2,6,9-10H2,1H3,(H2,15,16). The molecular formula is C14H19N3O2. The Bertz CT molecular complexity index is 481. The summed E-state index contributed by atoms with van der Waals surface area (Å²) in [6, 6.07) is 9.47. The molecule has 5 heteroatoms. The van der Waals surface area contributed by atoms with Gasteiger partial charge >= 0.3 is 0 Å². The van der Waals surface area contributed by atoms with Crippen LogP contribution in [0.1, 0.15) is 26.2 Å². The van der Waals surface area contributed by atoms with E-state index in [0.29, 0.717) is 19.4 Å². The van der Waals surface area contributed by atoms with Gasteiger partial charge in [-0.1, -0.05) is 29.8 Å². The first-order chi connectivity index (χ1) is 9.15. The van der Waals surface area contributed by atoms with E-state index in [2.05, 4.69) is 5.16 Å². The van der Waals surface area contributed by atoms with Crippen molar-refractivity contribution in [2.45, 2.75) is 26.2 Å². The maximum absolute atomic E-state index is 12.7. The summed E-state index contributed by atoms with van der Waals surface area (Å²) in [6.07, 6.45) is 2.21. The van der Waals surface area contributed by atoms with E-state index in [-0.39, 0.29) is 11.7 Å². The van der Waals surface area contributed by atoms with E-state index < -0.39 is 5.41 Å². The molecule has 5 nitrogen and oxygen atoms in total. The second kappa shape index (κ2) is 5.30. The molecule has 2 rings (SSSR count). The SMILES string of the molecule is CCN(C(=O)C1(/C(N)=N/O)CCC1)c1ccccc1. The van der Waals surface area contributed by atoms with E-state index in [0.717, 1.165) is 12.1 Å². The summed E-state index contributed by atoms with van der Waals surface area (Å²) in [7, 11) is 0. The molecule has 3 N–H and O–H groups in total. The number of rotatable bonds is 4. The first kappa shape index (κ1) is 13.4. The van der Waals surface area contributed by atoms with Crippen LogP contribution in [0.4, 0.5) is 5.69 Å². The highest BCUT2D eigenvalue weighted by Gasteiger charge is 2.50. The number of hydrogen-bond donors (Lipinski definition) is 2. The van der Waals surface area contributed by atoms with Crippen LogP contribution in [0, 0.1) is 5.41 Å². The van der Waals surface area contributed by atoms with E-state index in [1.165, 1.54) is 0 Å². The third-order valence-corrected chi connectivity index (χ3v) is 3.84. The van der Waals surface area contributed by atoms with Crippen LogP contribution in [-0.4, -0.2) is 23.5 Å². The highest BCUT2D eigenvalue weighted by atomic mass is 16.4. The number of amides is 1. The Balaban J connectivity index is 2.31. The van der Waals surface area contributed by atoms with E-state index in [9.17, 15) is 4.79 Å². The normalized spacial score (nSPS) is 17.6. The Morgan fingerprint density at radius 3 is 2.47 bits per heavy atom. The number of para-hydroxylation sites is 1. The van der Waals surface area contributed by atoms with Crippen LogP contribution in [0.25, 0.3) is 0 Å². The summed E-state index contributed by atoms with van der Waals surface area (Å²) in [4.78, 5) is 14.4. The predicted octanol–water partition coefficient (Wildman–Crippen LogP) is 1.96. The molecule has 1 aliphatic carbocycles. The van der Waals surface area contributed by atoms with Gasteiger partial charge in [0.2, 0.25) is 5.91 Å². The Morgan fingerprint density at radius 1 is 1.42 bits per heavy atom. The molecular weight excluding hydrogens is 242 g/mol. The zero-order valence-electron chi connectivity index (χ0n) is 11.0. The Labute approximate surface area is 112 Å². The highest BCUT2D eigenvalue weighted by Crippen LogP contribution is 2.43. The number of nitrogens with two attached hydrogens (primary N) is 1. The molecule has 1 fully saturated rings. The van der Waals surface area contributed by atoms with Crippen LogP contribution in [-0.2, 0) is 4.79 Å². The van der Waals surface area contributed by atoms with E-state index in [1.807, 2.05) is 37.3 Å². The number of carbonyl (C=O) groups excluding carboxylic acids is 1. The second-order valence-corrected chi connectivity index (χ2v) is 4.81. The summed E-state index contributed by atoms with van der Waals surface area (Å²) in [5.74, 6) is -0.0547. The van der Waals surface area contributed by atoms with Crippen LogP contribution < -0.4 is 10.6 Å². The summed E-state index contributed by atoms with van der Waals surface area (Å²) in [5, 5.41) is 12.0. The second-order valence-electron chi connectivity index (χ2n) is 4.81. The van der Waals surface area contributed by atoms with Gasteiger partial charge in [-0.15, -0.1) is 0 Å². The van der Waals surface area contributed by atoms with E-state index in [4.69, 9.17) is 10.9 Å². The summed E-state index contributed by atoms with van der Waals surface area (Å²) in [5.41, 5.74) is 5.76. The first-order valence-electron chi connectivity index (χ1n) is 6.50. The number of nitrogens with zero attached hydrogens (tertiary/aromatic N) is 2. The fourth-order valence-corrected chi connectivity index (χ4v) is 2.52. The predicted molar refractivity (Wildman–Crippen MR) is 74.2 cm³/mol. The highest BCUT2D eigenvalue weighted by molar-refractivity contribution is 6.13. The van der Waals surface area contributed by atoms with Gasteiger partial charge in [0.15, 0.2) is 5.84 Å². The largest absolute Gasteiger partial charge is 0.409 e. The molecule has 0 atom stereocenters. The average Bonchev–Trinajstić information content (AvgIpc) is 2.39. The molecule has 0 aliphatic heterocycles. The van der Waals surface area contributed by atoms with Crippen LogP contribution in [0.5, 0.6) is 0 Å². The van der Waals surface area contributed by atoms with Crippen molar-refractivity contribution in [1.29, 1.82) is 0 Å². The lowest BCUT2D eigenvalue weighted by molar-refractivity contribution is -0.128. The quantitative estimate of drug-likeness (QED) is 0.376. The maximum atomic E-state index is 12.7. The monoisotopic (exact) mass is 261 g/mol. The van der Waals surface area contributed by atoms with Gasteiger partial charge in [0.25, 0.3) is 0 Å². The first-order valence-corrected chi connectivity index (χ1v) is 6.50. The number of benzene rings is 1. The zero-order chi connectivity index (χ0) is 13.9. The Kier molecular flexibility index (Phi) is 3.74. The van der Waals surface area contributed by atoms with Gasteiger partial charge in [-0.25, -0.2) is 0 Å². The molecule has 102 valence electrons. The van der Waals surface area contributed by atoms with Gasteiger partial charge in [-0.05, 0) is 31.9 Å². The van der Waals surface area contributed by atoms with Crippen molar-refractivity contribution >= 4 is 17.4 Å². The lowest BCUT2D eigenvalue weighted by atomic mass is 9.66. The molecule has 0 radical (unpaired) electrons. The molecule has 1 aliphatic rings. The lowest BCUT2D eigenvalue weighted by Gasteiger charge is -2.42. The smallest absolute Gasteiger partial charge is 0.240 e. The zero-order valence-corrected chi connectivity index (χ0v) is 11.0. The average molecular weight is 261 g/mol. The molecule has 1 saturated carbocycles. The van der Waals surface area contributed by atoms with E-state index >= 15 is 0 Å². The Morgan fingerprint density at radius 2 is 2.05 bits per heavy atom. The molecule has 0 aromatic heterocycles. The van der Waals surface area contributed by atoms with Crippen molar-refractivity contribution in [2.24, 2.45) is 16.3 Å². The van der Waals surface area contributed by atoms with Crippen molar-refractivity contribution in [3.8, 4) is 0 Å². The molecule has 0 saturated heterocycles. The molecule has 0 spiro atoms. The lowest BCUT2D eigenvalue weighted by Crippen LogP contribution is -2.55. The van der Waals surface area contributed by atoms with Crippen molar-refractivity contribution in [3.05, 3.63) is 30.3 Å². The van der Waals surface area contributed by atoms with Gasteiger partial charge in [0, 0.05) is 12.2 Å². The molecule has 1 aromatic carbocycles. The molecule has 0 heterocycles. The minimum atomic E-state index is -0.819. The summed E-state index contributed by atoms with van der Waals surface area (Å²) < 4.78 is 0. The van der Waals surface area contributed by atoms with E-state index in [1.54, 1.807) is 4.90 Å². The van der Waals surface area contributed by atoms with Gasteiger partial charge in [-0.2, -0.15) is 0 Å². The molecule has 0 unspecified atom stereocenters. The van der Waals surface area contributed by atoms with Crippen molar-refractivity contribution in [1.82, 2.24) is 0 Å². The maximum Gasteiger partial charge on any atom is 0.240 e. The number of hydrogen-bond acceptors (Lipinski definition) is 3. The molecule has 1 amide bonds. The fraction of sp³-hybridized carbons (Fsp3) is 0.429. The van der Waals surface area contributed by atoms with Gasteiger partial charge < -0.3 is 15.8 Å². The van der Waals surface area contributed by atoms with Crippen LogP contribution >= 0.6 is 0 Å². The third-order valence-electron chi connectivity index (χ3n) is 3.84. The topological polar surface area (TPSA) is 78.9 Å². The Hall–Kier alpha value is -2.04. The van der Waals surface area contributed by atoms with Crippen molar-refractivity contribution in [3.63, 3.8) is 0 Å². The van der Waals surface area contributed by atoms with Gasteiger partial charge in [0.1, 0.15) is 5.41 Å². The molecule has 0 bridgehead atoms. The van der Waals surface area contributed by atoms with Crippen LogP contribution in [0.15, 0.2) is 35.5 Å². The third kappa shape index (κ3) is 2.16. The van der Waals surface area contributed by atoms with Gasteiger partial charge in [0.05, 0.1) is 0 Å². The number of oxime groups is 1. The number of anilines is 1. The van der Waals surface area contributed by atoms with Crippen molar-refractivity contribution in [2.75, 3.05) is 11.4 Å². The summed E-state index contributed by atoms with van der Waals surface area (Å²) >= 11 is 0. The minimum Gasteiger partial charge on any atom is -0.409 e. The molecule has 19 heavy (non-hydrogen) atoms. The number of amidine groups is 1. The van der Waals surface area contributed by atoms with Gasteiger partial charge in [-0.3, -0.25) is 4.79 Å². The minimum absolute atomic E-state index is 0.0260. The summed E-state index contributed by atoms with van der Waals surface area (Å²) in [6.45, 7) is 2.48. The number of carbonyl (C=O) groups is 1.